The number of nitrogens with one attached hydrogen (secondary N) is 1. The molecule has 0 aliphatic heterocycles. The van der Waals surface area contributed by atoms with Crippen molar-refractivity contribution in [2.45, 2.75) is 54.9 Å². The summed E-state index contributed by atoms with van der Waals surface area (Å²) in [6, 6.07) is 12.1. The van der Waals surface area contributed by atoms with Crippen LogP contribution in [0.3, 0.4) is 0 Å². The lowest BCUT2D eigenvalue weighted by molar-refractivity contribution is 0.479. The van der Waals surface area contributed by atoms with Crippen molar-refractivity contribution in [1.82, 2.24) is 4.72 Å². The molecular formula is C19H23NO5S2. The Balaban J connectivity index is 1.84. The first-order chi connectivity index (χ1) is 12.7. The molecular weight excluding hydrogens is 386 g/mol. The molecule has 1 fully saturated rings. The fraction of sp³-hybridized carbons (Fsp3) is 0.368. The average molecular weight is 410 g/mol. The van der Waals surface area contributed by atoms with Crippen LogP contribution in [-0.4, -0.2) is 22.9 Å². The summed E-state index contributed by atoms with van der Waals surface area (Å²) in [4.78, 5) is -0.0554. The summed E-state index contributed by atoms with van der Waals surface area (Å²) < 4.78 is 57.6. The maximum absolute atomic E-state index is 12.6. The van der Waals surface area contributed by atoms with Gasteiger partial charge in [-0.3, -0.25) is 0 Å². The molecule has 6 nitrogen and oxygen atoms in total. The van der Waals surface area contributed by atoms with Crippen molar-refractivity contribution in [3.05, 3.63) is 54.1 Å². The zero-order valence-electron chi connectivity index (χ0n) is 15.3. The fourth-order valence-electron chi connectivity index (χ4n) is 2.62. The number of hydrogen-bond acceptors (Lipinski definition) is 5. The van der Waals surface area contributed by atoms with Crippen molar-refractivity contribution in [2.24, 2.45) is 0 Å². The second-order valence-corrected chi connectivity index (χ2v) is 10.0. The van der Waals surface area contributed by atoms with E-state index in [9.17, 15) is 16.8 Å². The lowest BCUT2D eigenvalue weighted by atomic mass is 9.98. The number of benzene rings is 2. The Bertz CT molecular complexity index is 1010. The Labute approximate surface area is 160 Å². The normalized spacial score (nSPS) is 16.1. The van der Waals surface area contributed by atoms with E-state index in [0.29, 0.717) is 5.75 Å². The minimum absolute atomic E-state index is 0.0150. The summed E-state index contributed by atoms with van der Waals surface area (Å²) in [6.07, 6.45) is 2.51. The third-order valence-electron chi connectivity index (χ3n) is 4.58. The quantitative estimate of drug-likeness (QED) is 0.675. The number of rotatable bonds is 8. The maximum atomic E-state index is 12.6. The van der Waals surface area contributed by atoms with Gasteiger partial charge in [-0.2, -0.15) is 8.42 Å². The number of hydrogen-bond donors (Lipinski definition) is 1. The Hall–Kier alpha value is -1.90. The molecule has 1 N–H and O–H groups in total. The van der Waals surface area contributed by atoms with E-state index in [2.05, 4.69) is 4.72 Å². The zero-order valence-corrected chi connectivity index (χ0v) is 16.9. The molecule has 0 radical (unpaired) electrons. The highest BCUT2D eigenvalue weighted by Gasteiger charge is 2.28. The largest absolute Gasteiger partial charge is 0.379 e. The first-order valence-electron chi connectivity index (χ1n) is 8.89. The van der Waals surface area contributed by atoms with Crippen molar-refractivity contribution in [3.8, 4) is 5.75 Å². The maximum Gasteiger partial charge on any atom is 0.339 e. The van der Waals surface area contributed by atoms with Crippen LogP contribution in [0.1, 0.15) is 44.6 Å². The SMILES string of the molecule is CC[C@@H](C)c1ccccc1OS(=O)(=O)c1ccc(S(=O)(=O)NC2CC2)cc1. The van der Waals surface area contributed by atoms with Crippen LogP contribution < -0.4 is 8.91 Å². The Morgan fingerprint density at radius 3 is 2.19 bits per heavy atom. The molecule has 146 valence electrons. The van der Waals surface area contributed by atoms with Crippen molar-refractivity contribution in [1.29, 1.82) is 0 Å². The molecule has 0 amide bonds. The van der Waals surface area contributed by atoms with Gasteiger partial charge in [-0.25, -0.2) is 13.1 Å². The predicted molar refractivity (Wildman–Crippen MR) is 103 cm³/mol. The standard InChI is InChI=1S/C19H23NO5S2/c1-3-14(2)18-6-4-5-7-19(18)25-27(23,24)17-12-10-16(11-13-17)26(21,22)20-15-8-9-15/h4-7,10-15,20H,3,8-9H2,1-2H3/t14-/m1/s1. The van der Waals surface area contributed by atoms with Gasteiger partial charge in [0.15, 0.2) is 0 Å². The molecule has 2 aromatic carbocycles. The van der Waals surface area contributed by atoms with Gasteiger partial charge in [0.2, 0.25) is 10.0 Å². The van der Waals surface area contributed by atoms with Crippen LogP contribution in [0.2, 0.25) is 0 Å². The van der Waals surface area contributed by atoms with Gasteiger partial charge in [-0.1, -0.05) is 32.0 Å². The molecule has 1 saturated carbocycles. The number of para-hydroxylation sites is 1. The third-order valence-corrected chi connectivity index (χ3v) is 7.37. The molecule has 0 bridgehead atoms. The number of sulfonamides is 1. The molecule has 0 heterocycles. The molecule has 0 spiro atoms. The fourth-order valence-corrected chi connectivity index (χ4v) is 4.88. The van der Waals surface area contributed by atoms with E-state index in [-0.39, 0.29) is 21.8 Å². The minimum atomic E-state index is -4.07. The molecule has 1 aliphatic carbocycles. The summed E-state index contributed by atoms with van der Waals surface area (Å²) in [7, 11) is -7.69. The summed E-state index contributed by atoms with van der Waals surface area (Å²) in [5.41, 5.74) is 0.816. The topological polar surface area (TPSA) is 89.5 Å². The van der Waals surface area contributed by atoms with E-state index in [1.165, 1.54) is 24.3 Å². The summed E-state index contributed by atoms with van der Waals surface area (Å²) in [6.45, 7) is 4.02. The summed E-state index contributed by atoms with van der Waals surface area (Å²) in [5, 5.41) is 0. The molecule has 8 heteroatoms. The van der Waals surface area contributed by atoms with Crippen LogP contribution in [0.25, 0.3) is 0 Å². The molecule has 1 aliphatic rings. The van der Waals surface area contributed by atoms with E-state index in [4.69, 9.17) is 4.18 Å². The van der Waals surface area contributed by atoms with Gasteiger partial charge >= 0.3 is 10.1 Å². The van der Waals surface area contributed by atoms with Gasteiger partial charge in [0, 0.05) is 6.04 Å². The molecule has 0 saturated heterocycles. The van der Waals surface area contributed by atoms with Crippen LogP contribution in [0, 0.1) is 0 Å². The molecule has 27 heavy (non-hydrogen) atoms. The van der Waals surface area contributed by atoms with Crippen LogP contribution in [0.15, 0.2) is 58.3 Å². The highest BCUT2D eigenvalue weighted by molar-refractivity contribution is 7.89. The van der Waals surface area contributed by atoms with E-state index in [1.807, 2.05) is 26.0 Å². The van der Waals surface area contributed by atoms with Gasteiger partial charge in [-0.15, -0.1) is 0 Å². The van der Waals surface area contributed by atoms with Crippen molar-refractivity contribution in [2.75, 3.05) is 0 Å². The lowest BCUT2D eigenvalue weighted by Gasteiger charge is -2.15. The highest BCUT2D eigenvalue weighted by atomic mass is 32.2. The van der Waals surface area contributed by atoms with Crippen LogP contribution >= 0.6 is 0 Å². The zero-order chi connectivity index (χ0) is 19.7. The second kappa shape index (κ2) is 7.61. The van der Waals surface area contributed by atoms with E-state index in [0.717, 1.165) is 24.8 Å². The molecule has 1 atom stereocenters. The average Bonchev–Trinajstić information content (AvgIpc) is 3.44. The van der Waals surface area contributed by atoms with Gasteiger partial charge in [0.1, 0.15) is 10.6 Å². The molecule has 0 aromatic heterocycles. The Morgan fingerprint density at radius 2 is 1.59 bits per heavy atom. The summed E-state index contributed by atoms with van der Waals surface area (Å²) in [5.74, 6) is 0.441. The Kier molecular flexibility index (Phi) is 5.60. The van der Waals surface area contributed by atoms with Crippen LogP contribution in [0.5, 0.6) is 5.75 Å². The second-order valence-electron chi connectivity index (χ2n) is 6.75. The molecule has 0 unspecified atom stereocenters. The van der Waals surface area contributed by atoms with Gasteiger partial charge in [0.05, 0.1) is 4.90 Å². The van der Waals surface area contributed by atoms with E-state index in [1.54, 1.807) is 12.1 Å². The van der Waals surface area contributed by atoms with Gasteiger partial charge in [0.25, 0.3) is 0 Å². The van der Waals surface area contributed by atoms with Gasteiger partial charge in [-0.05, 0) is 61.1 Å². The van der Waals surface area contributed by atoms with E-state index >= 15 is 0 Å². The lowest BCUT2D eigenvalue weighted by Crippen LogP contribution is -2.25. The van der Waals surface area contributed by atoms with Gasteiger partial charge < -0.3 is 4.18 Å². The highest BCUT2D eigenvalue weighted by Crippen LogP contribution is 2.31. The Morgan fingerprint density at radius 1 is 1.00 bits per heavy atom. The molecule has 3 rings (SSSR count). The van der Waals surface area contributed by atoms with Crippen LogP contribution in [0.4, 0.5) is 0 Å². The van der Waals surface area contributed by atoms with Crippen molar-refractivity contribution < 1.29 is 21.0 Å². The first-order valence-corrected chi connectivity index (χ1v) is 11.8. The monoisotopic (exact) mass is 409 g/mol. The smallest absolute Gasteiger partial charge is 0.339 e. The van der Waals surface area contributed by atoms with E-state index < -0.39 is 20.1 Å². The van der Waals surface area contributed by atoms with Crippen molar-refractivity contribution in [3.63, 3.8) is 0 Å². The van der Waals surface area contributed by atoms with Crippen molar-refractivity contribution >= 4 is 20.1 Å². The summed E-state index contributed by atoms with van der Waals surface area (Å²) >= 11 is 0. The molecule has 2 aromatic rings. The minimum Gasteiger partial charge on any atom is -0.379 e. The van der Waals surface area contributed by atoms with Crippen LogP contribution in [-0.2, 0) is 20.1 Å². The predicted octanol–water partition coefficient (Wildman–Crippen LogP) is 3.41. The first kappa shape index (κ1) is 19.9. The third kappa shape index (κ3) is 4.69.